The highest BCUT2D eigenvalue weighted by atomic mass is 79.9. The summed E-state index contributed by atoms with van der Waals surface area (Å²) in [5.41, 5.74) is -0.120. The Morgan fingerprint density at radius 2 is 1.95 bits per heavy atom. The van der Waals surface area contributed by atoms with Crippen molar-refractivity contribution in [2.24, 2.45) is 0 Å². The molecule has 0 aliphatic carbocycles. The fourth-order valence-corrected chi connectivity index (χ4v) is 2.18. The Balaban J connectivity index is 2.34. The van der Waals surface area contributed by atoms with Crippen LogP contribution < -0.4 is 10.1 Å². The average Bonchev–Trinajstić information content (AvgIpc) is 2.43. The minimum Gasteiger partial charge on any atom is -0.495 e. The number of carbonyl (C=O) groups excluding carboxylic acids is 1. The minimum absolute atomic E-state index is 0.326. The third-order valence-corrected chi connectivity index (χ3v) is 3.45. The van der Waals surface area contributed by atoms with Gasteiger partial charge in [-0.1, -0.05) is 27.5 Å². The van der Waals surface area contributed by atoms with Crippen LogP contribution in [0.2, 0.25) is 5.02 Å². The number of benzene rings is 2. The van der Waals surface area contributed by atoms with E-state index < -0.39 is 23.1 Å². The van der Waals surface area contributed by atoms with Crippen molar-refractivity contribution >= 4 is 39.1 Å². The topological polar surface area (TPSA) is 38.3 Å². The van der Waals surface area contributed by atoms with Crippen molar-refractivity contribution in [3.8, 4) is 5.75 Å². The molecule has 0 atom stereocenters. The number of ether oxygens (including phenoxy) is 1. The molecule has 21 heavy (non-hydrogen) atoms. The van der Waals surface area contributed by atoms with Crippen LogP contribution >= 0.6 is 27.5 Å². The van der Waals surface area contributed by atoms with Crippen molar-refractivity contribution in [2.75, 3.05) is 12.4 Å². The maximum absolute atomic E-state index is 13.7. The number of hydrogen-bond acceptors (Lipinski definition) is 2. The van der Waals surface area contributed by atoms with E-state index in [9.17, 15) is 13.6 Å². The van der Waals surface area contributed by atoms with Gasteiger partial charge in [-0.25, -0.2) is 8.78 Å². The summed E-state index contributed by atoms with van der Waals surface area (Å²) < 4.78 is 32.8. The first-order valence-electron chi connectivity index (χ1n) is 5.72. The summed E-state index contributed by atoms with van der Waals surface area (Å²) in [5.74, 6) is -2.20. The van der Waals surface area contributed by atoms with Crippen LogP contribution in [0.3, 0.4) is 0 Å². The van der Waals surface area contributed by atoms with Crippen LogP contribution in [0.4, 0.5) is 14.5 Å². The summed E-state index contributed by atoms with van der Waals surface area (Å²) in [6, 6.07) is 6.43. The van der Waals surface area contributed by atoms with Crippen molar-refractivity contribution in [3.63, 3.8) is 0 Å². The summed E-state index contributed by atoms with van der Waals surface area (Å²) in [5, 5.41) is 2.08. The maximum atomic E-state index is 13.7. The molecule has 1 N–H and O–H groups in total. The van der Waals surface area contributed by atoms with E-state index in [1.165, 1.54) is 7.11 Å². The highest BCUT2D eigenvalue weighted by Gasteiger charge is 2.17. The molecule has 0 radical (unpaired) electrons. The number of halogens is 4. The molecule has 7 heteroatoms. The van der Waals surface area contributed by atoms with Gasteiger partial charge in [0.2, 0.25) is 0 Å². The van der Waals surface area contributed by atoms with E-state index >= 15 is 0 Å². The fraction of sp³-hybridized carbons (Fsp3) is 0.0714. The largest absolute Gasteiger partial charge is 0.495 e. The lowest BCUT2D eigenvalue weighted by molar-refractivity contribution is 0.102. The number of methoxy groups -OCH3 is 1. The van der Waals surface area contributed by atoms with Crippen molar-refractivity contribution in [2.45, 2.75) is 0 Å². The smallest absolute Gasteiger partial charge is 0.258 e. The summed E-state index contributed by atoms with van der Waals surface area (Å²) in [7, 11) is 1.43. The van der Waals surface area contributed by atoms with Crippen LogP contribution in [-0.2, 0) is 0 Å². The maximum Gasteiger partial charge on any atom is 0.258 e. The van der Waals surface area contributed by atoms with Gasteiger partial charge in [-0.05, 0) is 30.3 Å². The number of anilines is 1. The molecule has 0 saturated heterocycles. The van der Waals surface area contributed by atoms with Gasteiger partial charge in [-0.15, -0.1) is 0 Å². The van der Waals surface area contributed by atoms with E-state index in [4.69, 9.17) is 16.3 Å². The van der Waals surface area contributed by atoms with Gasteiger partial charge in [0.15, 0.2) is 0 Å². The minimum atomic E-state index is -0.909. The molecule has 2 aromatic rings. The Labute approximate surface area is 133 Å². The Bertz CT molecular complexity index is 710. The highest BCUT2D eigenvalue weighted by Crippen LogP contribution is 2.29. The molecule has 0 spiro atoms. The Hall–Kier alpha value is -1.66. The van der Waals surface area contributed by atoms with Crippen LogP contribution in [0.5, 0.6) is 5.75 Å². The number of rotatable bonds is 3. The van der Waals surface area contributed by atoms with Crippen LogP contribution in [0, 0.1) is 11.6 Å². The van der Waals surface area contributed by atoms with Crippen LogP contribution in [0.1, 0.15) is 10.4 Å². The Kier molecular flexibility index (Phi) is 4.80. The second-order valence-corrected chi connectivity index (χ2v) is 5.37. The molecule has 0 bridgehead atoms. The molecule has 1 amide bonds. The first kappa shape index (κ1) is 15.7. The molecule has 3 nitrogen and oxygen atoms in total. The fourth-order valence-electron chi connectivity index (χ4n) is 1.66. The first-order chi connectivity index (χ1) is 9.92. The van der Waals surface area contributed by atoms with E-state index in [1.807, 2.05) is 0 Å². The SMILES string of the molecule is COc1ccc(Br)cc1NC(=O)c1cc(F)c(Cl)cc1F. The zero-order chi connectivity index (χ0) is 15.6. The van der Waals surface area contributed by atoms with Crippen LogP contribution in [-0.4, -0.2) is 13.0 Å². The van der Waals surface area contributed by atoms with E-state index in [1.54, 1.807) is 18.2 Å². The predicted octanol–water partition coefficient (Wildman–Crippen LogP) is 4.64. The zero-order valence-corrected chi connectivity index (χ0v) is 13.1. The zero-order valence-electron chi connectivity index (χ0n) is 10.7. The summed E-state index contributed by atoms with van der Waals surface area (Å²) in [6.07, 6.45) is 0. The molecule has 2 rings (SSSR count). The molecule has 110 valence electrons. The summed E-state index contributed by atoms with van der Waals surface area (Å²) >= 11 is 8.70. The molecule has 0 unspecified atom stereocenters. The normalized spacial score (nSPS) is 10.3. The molecule has 0 fully saturated rings. The van der Waals surface area contributed by atoms with Crippen molar-refractivity contribution in [1.29, 1.82) is 0 Å². The number of nitrogens with one attached hydrogen (secondary N) is 1. The molecular formula is C14H9BrClF2NO2. The van der Waals surface area contributed by atoms with Crippen LogP contribution in [0.15, 0.2) is 34.8 Å². The Morgan fingerprint density at radius 1 is 1.24 bits per heavy atom. The first-order valence-corrected chi connectivity index (χ1v) is 6.89. The standard InChI is InChI=1S/C14H9BrClF2NO2/c1-21-13-3-2-7(15)4-12(13)19-14(20)8-5-11(18)9(16)6-10(8)17/h2-6H,1H3,(H,19,20). The summed E-state index contributed by atoms with van der Waals surface area (Å²) in [4.78, 5) is 12.0. The van der Waals surface area contributed by atoms with Gasteiger partial charge in [0.25, 0.3) is 5.91 Å². The quantitative estimate of drug-likeness (QED) is 0.793. The van der Waals surface area contributed by atoms with Crippen molar-refractivity contribution in [1.82, 2.24) is 0 Å². The average molecular weight is 377 g/mol. The number of hydrogen-bond donors (Lipinski definition) is 1. The van der Waals surface area contributed by atoms with Crippen molar-refractivity contribution in [3.05, 3.63) is 57.0 Å². The second kappa shape index (κ2) is 6.41. The molecule has 0 aliphatic rings. The van der Waals surface area contributed by atoms with Gasteiger partial charge in [-0.2, -0.15) is 0 Å². The third kappa shape index (κ3) is 3.51. The molecule has 2 aromatic carbocycles. The van der Waals surface area contributed by atoms with Gasteiger partial charge < -0.3 is 10.1 Å². The van der Waals surface area contributed by atoms with E-state index in [0.717, 1.165) is 12.1 Å². The van der Waals surface area contributed by atoms with Gasteiger partial charge >= 0.3 is 0 Å². The molecule has 0 saturated carbocycles. The number of amides is 1. The molecule has 0 heterocycles. The summed E-state index contributed by atoms with van der Waals surface area (Å²) in [6.45, 7) is 0. The van der Waals surface area contributed by atoms with Gasteiger partial charge in [0.1, 0.15) is 17.4 Å². The highest BCUT2D eigenvalue weighted by molar-refractivity contribution is 9.10. The number of carbonyl (C=O) groups is 1. The third-order valence-electron chi connectivity index (χ3n) is 2.66. The monoisotopic (exact) mass is 375 g/mol. The predicted molar refractivity (Wildman–Crippen MR) is 80.0 cm³/mol. The Morgan fingerprint density at radius 3 is 2.62 bits per heavy atom. The van der Waals surface area contributed by atoms with Gasteiger partial charge in [0, 0.05) is 4.47 Å². The lowest BCUT2D eigenvalue weighted by Gasteiger charge is -2.11. The van der Waals surface area contributed by atoms with Gasteiger partial charge in [0.05, 0.1) is 23.4 Å². The van der Waals surface area contributed by atoms with Gasteiger partial charge in [-0.3, -0.25) is 4.79 Å². The van der Waals surface area contributed by atoms with Crippen molar-refractivity contribution < 1.29 is 18.3 Å². The molecular weight excluding hydrogens is 368 g/mol. The lowest BCUT2D eigenvalue weighted by atomic mass is 10.2. The second-order valence-electron chi connectivity index (χ2n) is 4.04. The molecule has 0 aliphatic heterocycles. The van der Waals surface area contributed by atoms with Crippen LogP contribution in [0.25, 0.3) is 0 Å². The van der Waals surface area contributed by atoms with E-state index in [0.29, 0.717) is 15.9 Å². The van der Waals surface area contributed by atoms with E-state index in [-0.39, 0.29) is 5.02 Å². The van der Waals surface area contributed by atoms with E-state index in [2.05, 4.69) is 21.2 Å². The lowest BCUT2D eigenvalue weighted by Crippen LogP contribution is -2.15. The molecule has 0 aromatic heterocycles.